The van der Waals surface area contributed by atoms with E-state index < -0.39 is 0 Å². The van der Waals surface area contributed by atoms with E-state index in [1.54, 1.807) is 6.07 Å². The molecule has 1 amide bonds. The fraction of sp³-hybridized carbons (Fsp3) is 0.562. The van der Waals surface area contributed by atoms with Gasteiger partial charge in [0.1, 0.15) is 5.82 Å². The minimum Gasteiger partial charge on any atom is -0.335 e. The summed E-state index contributed by atoms with van der Waals surface area (Å²) in [5.74, 6) is -0.0791. The molecule has 1 aromatic carbocycles. The van der Waals surface area contributed by atoms with Crippen LogP contribution in [0.25, 0.3) is 0 Å². The normalized spacial score (nSPS) is 16.2. The van der Waals surface area contributed by atoms with Crippen molar-refractivity contribution in [2.24, 2.45) is 17.6 Å². The van der Waals surface area contributed by atoms with Gasteiger partial charge in [-0.3, -0.25) is 4.79 Å². The van der Waals surface area contributed by atoms with E-state index in [4.69, 9.17) is 5.73 Å². The Labute approximate surface area is 120 Å². The molecule has 2 N–H and O–H groups in total. The standard InChI is InChI=1S/C16H23FN2O/c1-11(2)15(9-18)16(20)19(14-6-7-14)10-12-4-3-5-13(17)8-12/h3-5,8,11,14-15H,6-7,9-10,18H2,1-2H3. The van der Waals surface area contributed by atoms with Crippen molar-refractivity contribution in [1.82, 2.24) is 4.90 Å². The number of hydrogen-bond donors (Lipinski definition) is 1. The average molecular weight is 278 g/mol. The number of amides is 1. The van der Waals surface area contributed by atoms with Crippen molar-refractivity contribution >= 4 is 5.91 Å². The van der Waals surface area contributed by atoms with Gasteiger partial charge in [-0.15, -0.1) is 0 Å². The molecule has 1 fully saturated rings. The molecule has 1 unspecified atom stereocenters. The summed E-state index contributed by atoms with van der Waals surface area (Å²) in [6, 6.07) is 6.76. The number of nitrogens with two attached hydrogens (primary N) is 1. The molecule has 20 heavy (non-hydrogen) atoms. The first-order valence-electron chi connectivity index (χ1n) is 7.28. The quantitative estimate of drug-likeness (QED) is 0.869. The summed E-state index contributed by atoms with van der Waals surface area (Å²) in [7, 11) is 0. The Hall–Kier alpha value is -1.42. The number of benzene rings is 1. The molecule has 110 valence electrons. The number of rotatable bonds is 6. The highest BCUT2D eigenvalue weighted by atomic mass is 19.1. The van der Waals surface area contributed by atoms with E-state index >= 15 is 0 Å². The maximum absolute atomic E-state index is 13.3. The van der Waals surface area contributed by atoms with Crippen molar-refractivity contribution in [3.63, 3.8) is 0 Å². The molecular weight excluding hydrogens is 255 g/mol. The van der Waals surface area contributed by atoms with Gasteiger partial charge in [-0.1, -0.05) is 26.0 Å². The zero-order valence-corrected chi connectivity index (χ0v) is 12.2. The minimum absolute atomic E-state index is 0.106. The summed E-state index contributed by atoms with van der Waals surface area (Å²) in [5.41, 5.74) is 6.58. The highest BCUT2D eigenvalue weighted by molar-refractivity contribution is 5.80. The summed E-state index contributed by atoms with van der Waals surface area (Å²) in [6.45, 7) is 4.87. The first-order chi connectivity index (χ1) is 9.52. The third-order valence-corrected chi connectivity index (χ3v) is 3.89. The fourth-order valence-electron chi connectivity index (χ4n) is 2.48. The predicted octanol–water partition coefficient (Wildman–Crippen LogP) is 2.55. The molecule has 0 saturated heterocycles. The second-order valence-electron chi connectivity index (χ2n) is 5.91. The van der Waals surface area contributed by atoms with Crippen LogP contribution < -0.4 is 5.73 Å². The van der Waals surface area contributed by atoms with Crippen LogP contribution in [0.2, 0.25) is 0 Å². The number of nitrogens with zero attached hydrogens (tertiary/aromatic N) is 1. The summed E-state index contributed by atoms with van der Waals surface area (Å²) < 4.78 is 13.3. The van der Waals surface area contributed by atoms with Crippen LogP contribution in [0.1, 0.15) is 32.3 Å². The van der Waals surface area contributed by atoms with Gasteiger partial charge < -0.3 is 10.6 Å². The van der Waals surface area contributed by atoms with Gasteiger partial charge in [0.05, 0.1) is 5.92 Å². The maximum atomic E-state index is 13.3. The Balaban J connectivity index is 2.13. The predicted molar refractivity (Wildman–Crippen MR) is 77.4 cm³/mol. The molecule has 1 atom stereocenters. The summed E-state index contributed by atoms with van der Waals surface area (Å²) in [6.07, 6.45) is 2.08. The summed E-state index contributed by atoms with van der Waals surface area (Å²) in [5, 5.41) is 0. The molecule has 2 rings (SSSR count). The van der Waals surface area contributed by atoms with Gasteiger partial charge >= 0.3 is 0 Å². The molecule has 0 bridgehead atoms. The molecule has 4 heteroatoms. The van der Waals surface area contributed by atoms with Crippen LogP contribution in [0, 0.1) is 17.7 Å². The second-order valence-corrected chi connectivity index (χ2v) is 5.91. The highest BCUT2D eigenvalue weighted by Gasteiger charge is 2.36. The van der Waals surface area contributed by atoms with E-state index in [1.807, 2.05) is 24.8 Å². The highest BCUT2D eigenvalue weighted by Crippen LogP contribution is 2.30. The van der Waals surface area contributed by atoms with Crippen molar-refractivity contribution in [1.29, 1.82) is 0 Å². The lowest BCUT2D eigenvalue weighted by Gasteiger charge is -2.29. The Morgan fingerprint density at radius 3 is 2.65 bits per heavy atom. The molecule has 0 spiro atoms. The third kappa shape index (κ3) is 3.57. The van der Waals surface area contributed by atoms with Gasteiger partial charge in [-0.25, -0.2) is 4.39 Å². The Morgan fingerprint density at radius 2 is 2.15 bits per heavy atom. The van der Waals surface area contributed by atoms with E-state index in [0.717, 1.165) is 18.4 Å². The van der Waals surface area contributed by atoms with Gasteiger partial charge in [0, 0.05) is 19.1 Å². The first-order valence-corrected chi connectivity index (χ1v) is 7.28. The lowest BCUT2D eigenvalue weighted by molar-refractivity contribution is -0.137. The average Bonchev–Trinajstić information content (AvgIpc) is 3.20. The molecule has 3 nitrogen and oxygen atoms in total. The maximum Gasteiger partial charge on any atom is 0.227 e. The van der Waals surface area contributed by atoms with Crippen molar-refractivity contribution in [3.8, 4) is 0 Å². The lowest BCUT2D eigenvalue weighted by Crippen LogP contribution is -2.42. The summed E-state index contributed by atoms with van der Waals surface area (Å²) in [4.78, 5) is 14.5. The van der Waals surface area contributed by atoms with Crippen molar-refractivity contribution in [3.05, 3.63) is 35.6 Å². The third-order valence-electron chi connectivity index (χ3n) is 3.89. The molecular formula is C16H23FN2O. The van der Waals surface area contributed by atoms with E-state index in [1.165, 1.54) is 12.1 Å². The molecule has 1 saturated carbocycles. The van der Waals surface area contributed by atoms with E-state index in [9.17, 15) is 9.18 Å². The molecule has 0 radical (unpaired) electrons. The van der Waals surface area contributed by atoms with Crippen LogP contribution in [-0.4, -0.2) is 23.4 Å². The van der Waals surface area contributed by atoms with Crippen LogP contribution >= 0.6 is 0 Å². The van der Waals surface area contributed by atoms with E-state index in [0.29, 0.717) is 19.1 Å². The molecule has 1 aromatic rings. The van der Waals surface area contributed by atoms with Crippen molar-refractivity contribution in [2.45, 2.75) is 39.3 Å². The number of carbonyl (C=O) groups is 1. The second kappa shape index (κ2) is 6.35. The topological polar surface area (TPSA) is 46.3 Å². The van der Waals surface area contributed by atoms with Crippen LogP contribution in [0.5, 0.6) is 0 Å². The number of halogens is 1. The Kier molecular flexibility index (Phi) is 4.76. The van der Waals surface area contributed by atoms with Gasteiger partial charge in [0.25, 0.3) is 0 Å². The van der Waals surface area contributed by atoms with Crippen molar-refractivity contribution < 1.29 is 9.18 Å². The van der Waals surface area contributed by atoms with Gasteiger partial charge in [-0.2, -0.15) is 0 Å². The van der Waals surface area contributed by atoms with E-state index in [2.05, 4.69) is 0 Å². The monoisotopic (exact) mass is 278 g/mol. The van der Waals surface area contributed by atoms with Gasteiger partial charge in [0.2, 0.25) is 5.91 Å². The molecule has 0 aromatic heterocycles. The minimum atomic E-state index is -0.259. The zero-order valence-electron chi connectivity index (χ0n) is 12.2. The Bertz CT molecular complexity index is 471. The van der Waals surface area contributed by atoms with Crippen LogP contribution in [-0.2, 0) is 11.3 Å². The van der Waals surface area contributed by atoms with Crippen molar-refractivity contribution in [2.75, 3.05) is 6.54 Å². The largest absolute Gasteiger partial charge is 0.335 e. The van der Waals surface area contributed by atoms with Crippen LogP contribution in [0.4, 0.5) is 4.39 Å². The molecule has 0 aliphatic heterocycles. The molecule has 1 aliphatic rings. The smallest absolute Gasteiger partial charge is 0.227 e. The van der Waals surface area contributed by atoms with Crippen LogP contribution in [0.15, 0.2) is 24.3 Å². The number of carbonyl (C=O) groups excluding carboxylic acids is 1. The molecule has 0 heterocycles. The summed E-state index contributed by atoms with van der Waals surface area (Å²) >= 11 is 0. The SMILES string of the molecule is CC(C)C(CN)C(=O)N(Cc1cccc(F)c1)C1CC1. The van der Waals surface area contributed by atoms with Gasteiger partial charge in [-0.05, 0) is 36.5 Å². The zero-order chi connectivity index (χ0) is 14.7. The lowest BCUT2D eigenvalue weighted by atomic mass is 9.94. The van der Waals surface area contributed by atoms with Crippen LogP contribution in [0.3, 0.4) is 0 Å². The first kappa shape index (κ1) is 15.0. The van der Waals surface area contributed by atoms with Gasteiger partial charge in [0.15, 0.2) is 0 Å². The Morgan fingerprint density at radius 1 is 1.45 bits per heavy atom. The molecule has 1 aliphatic carbocycles. The van der Waals surface area contributed by atoms with E-state index in [-0.39, 0.29) is 23.6 Å². The number of hydrogen-bond acceptors (Lipinski definition) is 2. The fourth-order valence-corrected chi connectivity index (χ4v) is 2.48.